The largest absolute Gasteiger partial charge is 0.481 e. The predicted molar refractivity (Wildman–Crippen MR) is 142 cm³/mol. The van der Waals surface area contributed by atoms with Crippen molar-refractivity contribution in [3.05, 3.63) is 12.7 Å². The Morgan fingerprint density at radius 3 is 2.68 bits per heavy atom. The van der Waals surface area contributed by atoms with Crippen LogP contribution < -0.4 is 16.8 Å². The summed E-state index contributed by atoms with van der Waals surface area (Å²) in [6.45, 7) is 2.76. The van der Waals surface area contributed by atoms with Crippen molar-refractivity contribution in [3.63, 3.8) is 0 Å². The minimum atomic E-state index is -1.22. The van der Waals surface area contributed by atoms with Crippen LogP contribution >= 0.6 is 0 Å². The van der Waals surface area contributed by atoms with Gasteiger partial charge >= 0.3 is 11.9 Å². The van der Waals surface area contributed by atoms with Crippen molar-refractivity contribution >= 4 is 40.7 Å². The second kappa shape index (κ2) is 16.1. The highest BCUT2D eigenvalue weighted by molar-refractivity contribution is 7.78. The minimum absolute atomic E-state index is 0.0961. The highest BCUT2D eigenvalue weighted by Gasteiger charge is 2.45. The number of aliphatic hydroxyl groups excluding tert-OH is 2. The lowest BCUT2D eigenvalue weighted by Crippen LogP contribution is -2.34. The van der Waals surface area contributed by atoms with Gasteiger partial charge in [-0.3, -0.25) is 14.2 Å². The third-order valence-corrected chi connectivity index (χ3v) is 6.70. The average Bonchev–Trinajstić information content (AvgIpc) is 3.43. The van der Waals surface area contributed by atoms with Crippen molar-refractivity contribution in [1.82, 2.24) is 19.5 Å². The summed E-state index contributed by atoms with van der Waals surface area (Å²) in [4.78, 5) is 33.9. The van der Waals surface area contributed by atoms with E-state index in [2.05, 4.69) is 32.1 Å². The van der Waals surface area contributed by atoms with Crippen LogP contribution in [0.3, 0.4) is 0 Å². The number of aromatic nitrogens is 4. The van der Waals surface area contributed by atoms with Gasteiger partial charge in [0.25, 0.3) is 0 Å². The highest BCUT2D eigenvalue weighted by Crippen LogP contribution is 2.32. The zero-order chi connectivity index (χ0) is 28.1. The molecule has 0 radical (unpaired) electrons. The van der Waals surface area contributed by atoms with Crippen LogP contribution in [0.15, 0.2) is 12.7 Å². The molecule has 15 heteroatoms. The number of aliphatic carboxylic acids is 2. The van der Waals surface area contributed by atoms with Gasteiger partial charge < -0.3 is 41.9 Å². The number of unbranched alkanes of at least 4 members (excludes halogenated alkanes) is 1. The number of nitrogens with zero attached hydrogens (tertiary/aromatic N) is 4. The van der Waals surface area contributed by atoms with E-state index in [0.29, 0.717) is 34.9 Å². The molecule has 1 saturated heterocycles. The van der Waals surface area contributed by atoms with Crippen LogP contribution in [0.4, 0.5) is 5.82 Å². The number of imidazole rings is 1. The van der Waals surface area contributed by atoms with Gasteiger partial charge in [0.1, 0.15) is 42.2 Å². The molecule has 38 heavy (non-hydrogen) atoms. The van der Waals surface area contributed by atoms with Crippen LogP contribution in [0, 0.1) is 11.8 Å². The maximum Gasteiger partial charge on any atom is 0.320 e. The summed E-state index contributed by atoms with van der Waals surface area (Å²) in [6.07, 6.45) is 0.924. The number of fused-ring (bicyclic) bond motifs is 1. The summed E-state index contributed by atoms with van der Waals surface area (Å²) in [5, 5.41) is 41.4. The molecule has 0 aromatic carbocycles. The molecule has 5 atom stereocenters. The highest BCUT2D eigenvalue weighted by atomic mass is 32.2. The minimum Gasteiger partial charge on any atom is -0.481 e. The second-order valence-corrected chi connectivity index (χ2v) is 9.60. The molecule has 1 fully saturated rings. The van der Waals surface area contributed by atoms with Gasteiger partial charge in [-0.05, 0) is 31.7 Å². The number of hydrogen-bond donors (Lipinski definition) is 7. The molecule has 2 aromatic rings. The Kier molecular flexibility index (Phi) is 13.2. The third kappa shape index (κ3) is 9.08. The molecular weight excluding hydrogens is 518 g/mol. The molecular formula is C23H36N7O7S+. The van der Waals surface area contributed by atoms with Gasteiger partial charge in [-0.2, -0.15) is 0 Å². The summed E-state index contributed by atoms with van der Waals surface area (Å²) in [5.41, 5.74) is 11.4. The second-order valence-electron chi connectivity index (χ2n) is 8.35. The van der Waals surface area contributed by atoms with Gasteiger partial charge in [-0.15, -0.1) is 11.8 Å². The van der Waals surface area contributed by atoms with Crippen molar-refractivity contribution in [1.29, 1.82) is 0 Å². The summed E-state index contributed by atoms with van der Waals surface area (Å²) in [7, 11) is 0. The quantitative estimate of drug-likeness (QED) is 0.0661. The first-order valence-corrected chi connectivity index (χ1v) is 13.3. The lowest BCUT2D eigenvalue weighted by atomic mass is 10.1. The fourth-order valence-electron chi connectivity index (χ4n) is 3.45. The Balaban J connectivity index is 0.000000638. The van der Waals surface area contributed by atoms with E-state index in [-0.39, 0.29) is 13.0 Å². The molecule has 0 saturated carbocycles. The summed E-state index contributed by atoms with van der Waals surface area (Å²) < 4.78 is 7.35. The average molecular weight is 555 g/mol. The van der Waals surface area contributed by atoms with Gasteiger partial charge in [0.05, 0.1) is 12.7 Å². The molecule has 0 bridgehead atoms. The number of nitrogens with one attached hydrogen (secondary N) is 1. The van der Waals surface area contributed by atoms with Crippen molar-refractivity contribution in [2.24, 2.45) is 11.5 Å². The molecule has 4 unspecified atom stereocenters. The molecule has 3 heterocycles. The Morgan fingerprint density at radius 1 is 1.26 bits per heavy atom. The Bertz CT molecular complexity index is 1110. The number of nitrogens with two attached hydrogens (primary N) is 2. The van der Waals surface area contributed by atoms with E-state index in [4.69, 9.17) is 26.4 Å². The fourth-order valence-corrected chi connectivity index (χ4v) is 4.65. The molecule has 0 amide bonds. The topological polar surface area (TPSA) is 232 Å². The van der Waals surface area contributed by atoms with Gasteiger partial charge in [-0.25, -0.2) is 15.0 Å². The molecule has 210 valence electrons. The number of ether oxygens (including phenoxy) is 1. The van der Waals surface area contributed by atoms with Gasteiger partial charge in [-0.1, -0.05) is 0 Å². The van der Waals surface area contributed by atoms with E-state index in [1.54, 1.807) is 0 Å². The van der Waals surface area contributed by atoms with Crippen LogP contribution in [0.1, 0.15) is 38.8 Å². The first-order valence-electron chi connectivity index (χ1n) is 12.1. The molecule has 14 nitrogen and oxygen atoms in total. The van der Waals surface area contributed by atoms with Crippen molar-refractivity contribution < 1.29 is 34.8 Å². The molecule has 0 spiro atoms. The summed E-state index contributed by atoms with van der Waals surface area (Å²) in [6, 6.07) is -0.935. The zero-order valence-corrected chi connectivity index (χ0v) is 22.0. The first kappa shape index (κ1) is 31.2. The number of rotatable bonds is 13. The summed E-state index contributed by atoms with van der Waals surface area (Å²) >= 11 is 0.841. The molecule has 0 aliphatic carbocycles. The van der Waals surface area contributed by atoms with Crippen molar-refractivity contribution in [3.8, 4) is 11.8 Å². The lowest BCUT2D eigenvalue weighted by molar-refractivity contribution is -0.138. The predicted octanol–water partition coefficient (Wildman–Crippen LogP) is -1.30. The molecule has 1 aliphatic rings. The van der Waals surface area contributed by atoms with E-state index < -0.39 is 42.5 Å². The van der Waals surface area contributed by atoms with Crippen LogP contribution in [-0.4, -0.2) is 101 Å². The summed E-state index contributed by atoms with van der Waals surface area (Å²) in [5.74, 6) is 4.97. The van der Waals surface area contributed by atoms with Crippen molar-refractivity contribution in [2.45, 2.75) is 63.2 Å². The Morgan fingerprint density at radius 2 is 2.03 bits per heavy atom. The maximum atomic E-state index is 10.8. The lowest BCUT2D eigenvalue weighted by Gasteiger charge is -2.16. The monoisotopic (exact) mass is 554 g/mol. The number of anilines is 1. The normalized spacial score (nSPS) is 21.2. The molecule has 9 N–H and O–H groups in total. The van der Waals surface area contributed by atoms with E-state index in [1.807, 2.05) is 6.92 Å². The number of carboxylic acid groups (broad SMARTS) is 2. The van der Waals surface area contributed by atoms with Crippen molar-refractivity contribution in [2.75, 3.05) is 29.9 Å². The number of hydrogen-bond acceptors (Lipinski definition) is 11. The fraction of sp³-hybridized carbons (Fsp3) is 0.609. The molecule has 1 aliphatic heterocycles. The molecule has 3 rings (SSSR count). The zero-order valence-electron chi connectivity index (χ0n) is 21.1. The van der Waals surface area contributed by atoms with Crippen LogP contribution in [-0.2, 0) is 26.1 Å². The van der Waals surface area contributed by atoms with E-state index in [1.165, 1.54) is 17.2 Å². The van der Waals surface area contributed by atoms with Gasteiger partial charge in [0.15, 0.2) is 23.2 Å². The molecule has 2 aromatic heterocycles. The van der Waals surface area contributed by atoms with E-state index >= 15 is 0 Å². The van der Waals surface area contributed by atoms with E-state index in [0.717, 1.165) is 31.1 Å². The number of carbonyl (C=O) groups is 2. The third-order valence-electron chi connectivity index (χ3n) is 5.51. The Hall–Kier alpha value is -3.00. The van der Waals surface area contributed by atoms with E-state index in [9.17, 15) is 19.8 Å². The number of aliphatic hydroxyl groups is 2. The number of carboxylic acids is 2. The maximum absolute atomic E-state index is 10.8. The van der Waals surface area contributed by atoms with Crippen LogP contribution in [0.25, 0.3) is 11.2 Å². The smallest absolute Gasteiger partial charge is 0.320 e. The van der Waals surface area contributed by atoms with Gasteiger partial charge in [0.2, 0.25) is 0 Å². The Labute approximate surface area is 224 Å². The van der Waals surface area contributed by atoms with Crippen LogP contribution in [0.2, 0.25) is 0 Å². The SMILES string of the molecule is CC#CCCCN.N[C@@H](CC[SH+]CC1OC(n2cnc3c(NCCC(=O)O)ncnc32)C(O)C1O)C(=O)O. The van der Waals surface area contributed by atoms with Gasteiger partial charge in [0, 0.05) is 19.4 Å². The van der Waals surface area contributed by atoms with Crippen LogP contribution in [0.5, 0.6) is 0 Å². The standard InChI is InChI=1S/C17H24N6O7S.C6H11N/c18-8(17(28)29)2-4-31-5-9-12(26)13(27)16(30-9)23-7-22-11-14(19-3-1-10(24)25)20-6-21-15(11)23;1-2-3-4-5-6-7/h6-9,12-13,16,26-27H,1-5,18H2,(H,24,25)(H,28,29)(H,19,20,21);4-7H2,1H3/p+1/t8-,9?,12?,13?,16?;/m0./s1. The first-order chi connectivity index (χ1) is 18.2. The number of thiol groups is 1.